The smallest absolute Gasteiger partial charge is 0.119 e. The van der Waals surface area contributed by atoms with Crippen molar-refractivity contribution in [3.8, 4) is 28.0 Å². The zero-order chi connectivity index (χ0) is 31.8. The quantitative estimate of drug-likeness (QED) is 0.0840. The van der Waals surface area contributed by atoms with Crippen molar-refractivity contribution in [2.24, 2.45) is 0 Å². The van der Waals surface area contributed by atoms with Crippen molar-refractivity contribution in [2.45, 2.75) is 149 Å². The SMILES string of the molecule is CCCCCCCCCCCCCOc1ccc(-c2ccccc2-c2ccc(C(C)OCCCCCCCCCC)cc2)cc1. The predicted octanol–water partition coefficient (Wildman–Crippen LogP) is 13.9. The molecule has 0 spiro atoms. The van der Waals surface area contributed by atoms with Gasteiger partial charge in [0.05, 0.1) is 12.7 Å². The van der Waals surface area contributed by atoms with Gasteiger partial charge in [-0.25, -0.2) is 0 Å². The van der Waals surface area contributed by atoms with E-state index in [9.17, 15) is 0 Å². The molecule has 0 aliphatic rings. The summed E-state index contributed by atoms with van der Waals surface area (Å²) >= 11 is 0. The lowest BCUT2D eigenvalue weighted by Crippen LogP contribution is -2.02. The lowest BCUT2D eigenvalue weighted by Gasteiger charge is -2.15. The molecule has 0 amide bonds. The van der Waals surface area contributed by atoms with Crippen LogP contribution in [0.2, 0.25) is 0 Å². The van der Waals surface area contributed by atoms with Gasteiger partial charge in [0.1, 0.15) is 5.75 Å². The van der Waals surface area contributed by atoms with Gasteiger partial charge in [-0.3, -0.25) is 0 Å². The van der Waals surface area contributed by atoms with Crippen LogP contribution in [0.1, 0.15) is 154 Å². The van der Waals surface area contributed by atoms with E-state index in [2.05, 4.69) is 93.6 Å². The summed E-state index contributed by atoms with van der Waals surface area (Å²) in [6.45, 7) is 8.39. The van der Waals surface area contributed by atoms with Crippen molar-refractivity contribution in [3.05, 3.63) is 78.4 Å². The first kappa shape index (κ1) is 36.9. The van der Waals surface area contributed by atoms with Crippen LogP contribution in [0.5, 0.6) is 5.75 Å². The maximum Gasteiger partial charge on any atom is 0.119 e. The summed E-state index contributed by atoms with van der Waals surface area (Å²) in [6, 6.07) is 26.3. The molecular formula is C43H64O2. The number of benzene rings is 3. The Kier molecular flexibility index (Phi) is 19.4. The monoisotopic (exact) mass is 612 g/mol. The minimum atomic E-state index is 0.122. The number of ether oxygens (including phenoxy) is 2. The molecule has 2 nitrogen and oxygen atoms in total. The summed E-state index contributed by atoms with van der Waals surface area (Å²) in [6.07, 6.45) is 25.7. The van der Waals surface area contributed by atoms with E-state index in [-0.39, 0.29) is 6.10 Å². The van der Waals surface area contributed by atoms with Crippen LogP contribution in [0, 0.1) is 0 Å². The Labute approximate surface area is 277 Å². The van der Waals surface area contributed by atoms with E-state index >= 15 is 0 Å². The van der Waals surface area contributed by atoms with Gasteiger partial charge in [0.2, 0.25) is 0 Å². The molecule has 0 N–H and O–H groups in total. The first-order valence-corrected chi connectivity index (χ1v) is 18.8. The van der Waals surface area contributed by atoms with E-state index in [0.29, 0.717) is 0 Å². The van der Waals surface area contributed by atoms with Gasteiger partial charge in [-0.2, -0.15) is 0 Å². The molecule has 0 heterocycles. The standard InChI is InChI=1S/C43H64O2/c1-4-6-8-10-12-14-15-16-18-20-24-36-45-41-33-31-40(32-34-41)43-26-22-21-25-42(43)39-29-27-38(28-30-39)37(3)44-35-23-19-17-13-11-9-7-5-2/h21-22,25-34,37H,4-20,23-24,35-36H2,1-3H3. The number of unbranched alkanes of at least 4 members (excludes halogenated alkanes) is 17. The molecule has 248 valence electrons. The Morgan fingerprint density at radius 2 is 0.844 bits per heavy atom. The number of hydrogen-bond donors (Lipinski definition) is 0. The van der Waals surface area contributed by atoms with Gasteiger partial charge >= 0.3 is 0 Å². The van der Waals surface area contributed by atoms with E-state index < -0.39 is 0 Å². The van der Waals surface area contributed by atoms with Gasteiger partial charge in [0, 0.05) is 6.61 Å². The van der Waals surface area contributed by atoms with Crippen molar-refractivity contribution in [3.63, 3.8) is 0 Å². The molecule has 3 rings (SSSR count). The van der Waals surface area contributed by atoms with E-state index in [0.717, 1.165) is 31.8 Å². The normalized spacial score (nSPS) is 12.0. The summed E-state index contributed by atoms with van der Waals surface area (Å²) < 4.78 is 12.3. The third kappa shape index (κ3) is 15.0. The van der Waals surface area contributed by atoms with Crippen LogP contribution >= 0.6 is 0 Å². The Hall–Kier alpha value is -2.58. The summed E-state index contributed by atoms with van der Waals surface area (Å²) in [5.74, 6) is 0.966. The van der Waals surface area contributed by atoms with Gasteiger partial charge in [-0.1, -0.05) is 184 Å². The first-order valence-electron chi connectivity index (χ1n) is 18.8. The van der Waals surface area contributed by atoms with Gasteiger partial charge < -0.3 is 9.47 Å². The van der Waals surface area contributed by atoms with Crippen molar-refractivity contribution in [2.75, 3.05) is 13.2 Å². The molecule has 0 radical (unpaired) electrons. The third-order valence-corrected chi connectivity index (χ3v) is 9.17. The zero-order valence-electron chi connectivity index (χ0n) is 29.2. The third-order valence-electron chi connectivity index (χ3n) is 9.17. The van der Waals surface area contributed by atoms with Crippen molar-refractivity contribution >= 4 is 0 Å². The van der Waals surface area contributed by atoms with Crippen LogP contribution < -0.4 is 4.74 Å². The Morgan fingerprint density at radius 3 is 1.31 bits per heavy atom. The second kappa shape index (κ2) is 23.7. The van der Waals surface area contributed by atoms with Crippen LogP contribution in [-0.4, -0.2) is 13.2 Å². The number of rotatable bonds is 26. The summed E-state index contributed by atoms with van der Waals surface area (Å²) in [5.41, 5.74) is 6.21. The molecule has 2 heteroatoms. The predicted molar refractivity (Wildman–Crippen MR) is 196 cm³/mol. The van der Waals surface area contributed by atoms with Crippen molar-refractivity contribution in [1.82, 2.24) is 0 Å². The Morgan fingerprint density at radius 1 is 0.444 bits per heavy atom. The minimum absolute atomic E-state index is 0.122. The molecule has 0 aromatic heterocycles. The fourth-order valence-electron chi connectivity index (χ4n) is 6.20. The molecule has 45 heavy (non-hydrogen) atoms. The highest BCUT2D eigenvalue weighted by molar-refractivity contribution is 5.83. The first-order chi connectivity index (χ1) is 22.2. The summed E-state index contributed by atoms with van der Waals surface area (Å²) in [7, 11) is 0. The second-order valence-electron chi connectivity index (χ2n) is 13.1. The molecule has 0 fully saturated rings. The van der Waals surface area contributed by atoms with E-state index in [1.807, 2.05) is 0 Å². The van der Waals surface area contributed by atoms with Crippen LogP contribution in [0.25, 0.3) is 22.3 Å². The molecule has 0 saturated carbocycles. The molecule has 3 aromatic rings. The van der Waals surface area contributed by atoms with Crippen LogP contribution in [0.15, 0.2) is 72.8 Å². The molecule has 0 aliphatic carbocycles. The minimum Gasteiger partial charge on any atom is -0.494 e. The second-order valence-corrected chi connectivity index (χ2v) is 13.1. The number of hydrogen-bond acceptors (Lipinski definition) is 2. The lowest BCUT2D eigenvalue weighted by molar-refractivity contribution is 0.0627. The Bertz CT molecular complexity index is 1120. The largest absolute Gasteiger partial charge is 0.494 e. The maximum atomic E-state index is 6.19. The highest BCUT2D eigenvalue weighted by atomic mass is 16.5. The molecule has 1 atom stereocenters. The molecule has 3 aromatic carbocycles. The van der Waals surface area contributed by atoms with E-state index in [1.54, 1.807) is 0 Å². The average molecular weight is 613 g/mol. The summed E-state index contributed by atoms with van der Waals surface area (Å²) in [4.78, 5) is 0. The van der Waals surface area contributed by atoms with Crippen LogP contribution in [0.3, 0.4) is 0 Å². The van der Waals surface area contributed by atoms with E-state index in [1.165, 1.54) is 137 Å². The molecule has 0 aliphatic heterocycles. The zero-order valence-corrected chi connectivity index (χ0v) is 29.2. The highest BCUT2D eigenvalue weighted by Crippen LogP contribution is 2.34. The van der Waals surface area contributed by atoms with E-state index in [4.69, 9.17) is 9.47 Å². The van der Waals surface area contributed by atoms with Gasteiger partial charge in [-0.15, -0.1) is 0 Å². The van der Waals surface area contributed by atoms with Crippen molar-refractivity contribution in [1.29, 1.82) is 0 Å². The molecule has 1 unspecified atom stereocenters. The average Bonchev–Trinajstić information content (AvgIpc) is 3.08. The Balaban J connectivity index is 1.38. The fraction of sp³-hybridized carbons (Fsp3) is 0.581. The lowest BCUT2D eigenvalue weighted by atomic mass is 9.94. The van der Waals surface area contributed by atoms with Gasteiger partial charge in [-0.05, 0) is 59.7 Å². The van der Waals surface area contributed by atoms with Crippen LogP contribution in [-0.2, 0) is 4.74 Å². The molecule has 0 bridgehead atoms. The van der Waals surface area contributed by atoms with Gasteiger partial charge in [0.15, 0.2) is 0 Å². The van der Waals surface area contributed by atoms with Crippen LogP contribution in [0.4, 0.5) is 0 Å². The molecule has 0 saturated heterocycles. The highest BCUT2D eigenvalue weighted by Gasteiger charge is 2.10. The fourth-order valence-corrected chi connectivity index (χ4v) is 6.20. The maximum absolute atomic E-state index is 6.19. The van der Waals surface area contributed by atoms with Crippen molar-refractivity contribution < 1.29 is 9.47 Å². The van der Waals surface area contributed by atoms with Gasteiger partial charge in [0.25, 0.3) is 0 Å². The molecular weight excluding hydrogens is 548 g/mol. The summed E-state index contributed by atoms with van der Waals surface area (Å²) in [5, 5.41) is 0. The topological polar surface area (TPSA) is 18.5 Å².